The highest BCUT2D eigenvalue weighted by Gasteiger charge is 2.09. The van der Waals surface area contributed by atoms with Gasteiger partial charge in [-0.2, -0.15) is 9.50 Å². The van der Waals surface area contributed by atoms with E-state index >= 15 is 0 Å². The lowest BCUT2D eigenvalue weighted by Crippen LogP contribution is -2.23. The molecule has 0 bridgehead atoms. The molecule has 0 radical (unpaired) electrons. The number of fused-ring (bicyclic) bond motifs is 1. The first kappa shape index (κ1) is 19.1. The van der Waals surface area contributed by atoms with Crippen molar-refractivity contribution in [2.24, 2.45) is 0 Å². The van der Waals surface area contributed by atoms with Crippen molar-refractivity contribution in [3.63, 3.8) is 0 Å². The van der Waals surface area contributed by atoms with E-state index in [2.05, 4.69) is 41.0 Å². The Bertz CT molecular complexity index is 1240. The standard InChI is InChI=1S/C23H22N4OS/c1-3-26(4-2)19-13-10-18(11-14-19)16-20-22(28)27-23(29-20)24-21(25-27)15-12-17-8-6-5-7-9-17/h5-16H,3-4H2,1-2H3/b15-12+,20-16-. The molecule has 0 aliphatic heterocycles. The average Bonchev–Trinajstić information content (AvgIpc) is 3.28. The zero-order valence-corrected chi connectivity index (χ0v) is 17.3. The SMILES string of the molecule is CCN(CC)c1ccc(/C=c2\sc3nc(/C=C/c4ccccc4)nn3c2=O)cc1. The zero-order chi connectivity index (χ0) is 20.2. The summed E-state index contributed by atoms with van der Waals surface area (Å²) in [5.74, 6) is 0.535. The Morgan fingerprint density at radius 3 is 2.34 bits per heavy atom. The molecule has 2 aromatic carbocycles. The van der Waals surface area contributed by atoms with Crippen LogP contribution in [0, 0.1) is 0 Å². The van der Waals surface area contributed by atoms with Crippen molar-refractivity contribution < 1.29 is 0 Å². The van der Waals surface area contributed by atoms with Gasteiger partial charge in [0, 0.05) is 18.8 Å². The van der Waals surface area contributed by atoms with E-state index in [-0.39, 0.29) is 5.56 Å². The number of thiazole rings is 1. The largest absolute Gasteiger partial charge is 0.372 e. The predicted octanol–water partition coefficient (Wildman–Crippen LogP) is 3.72. The molecule has 0 atom stereocenters. The highest BCUT2D eigenvalue weighted by Crippen LogP contribution is 2.15. The van der Waals surface area contributed by atoms with E-state index in [9.17, 15) is 4.79 Å². The fourth-order valence-electron chi connectivity index (χ4n) is 3.18. The van der Waals surface area contributed by atoms with Crippen molar-refractivity contribution >= 4 is 40.2 Å². The van der Waals surface area contributed by atoms with Gasteiger partial charge in [0.2, 0.25) is 4.96 Å². The van der Waals surface area contributed by atoms with Crippen molar-refractivity contribution in [1.82, 2.24) is 14.6 Å². The van der Waals surface area contributed by atoms with Crippen LogP contribution in [0.5, 0.6) is 0 Å². The molecule has 0 saturated carbocycles. The summed E-state index contributed by atoms with van der Waals surface area (Å²) >= 11 is 1.36. The Morgan fingerprint density at radius 2 is 1.69 bits per heavy atom. The maximum absolute atomic E-state index is 12.7. The number of benzene rings is 2. The first-order valence-electron chi connectivity index (χ1n) is 9.67. The first-order chi connectivity index (χ1) is 14.2. The lowest BCUT2D eigenvalue weighted by atomic mass is 10.2. The summed E-state index contributed by atoms with van der Waals surface area (Å²) in [6.45, 7) is 6.23. The summed E-state index contributed by atoms with van der Waals surface area (Å²) in [7, 11) is 0. The van der Waals surface area contributed by atoms with Crippen LogP contribution < -0.4 is 15.0 Å². The minimum Gasteiger partial charge on any atom is -0.372 e. The molecule has 4 aromatic rings. The highest BCUT2D eigenvalue weighted by molar-refractivity contribution is 7.15. The summed E-state index contributed by atoms with van der Waals surface area (Å²) in [6, 6.07) is 18.2. The molecule has 2 aromatic heterocycles. The zero-order valence-electron chi connectivity index (χ0n) is 16.4. The van der Waals surface area contributed by atoms with Crippen molar-refractivity contribution in [3.05, 3.63) is 86.4 Å². The second-order valence-corrected chi connectivity index (χ2v) is 7.60. The molecule has 0 spiro atoms. The molecule has 6 heteroatoms. The van der Waals surface area contributed by atoms with E-state index in [1.807, 2.05) is 60.7 Å². The minimum absolute atomic E-state index is 0.135. The Balaban J connectivity index is 1.60. The molecule has 0 saturated heterocycles. The van der Waals surface area contributed by atoms with E-state index in [4.69, 9.17) is 0 Å². The molecule has 5 nitrogen and oxygen atoms in total. The predicted molar refractivity (Wildman–Crippen MR) is 121 cm³/mol. The second kappa shape index (κ2) is 8.41. The van der Waals surface area contributed by atoms with Crippen LogP contribution in [0.3, 0.4) is 0 Å². The molecule has 0 N–H and O–H groups in total. The topological polar surface area (TPSA) is 50.5 Å². The number of hydrogen-bond donors (Lipinski definition) is 0. The maximum atomic E-state index is 12.7. The number of aromatic nitrogens is 3. The third-order valence-corrected chi connectivity index (χ3v) is 5.70. The minimum atomic E-state index is -0.135. The van der Waals surface area contributed by atoms with Crippen LogP contribution >= 0.6 is 11.3 Å². The van der Waals surface area contributed by atoms with Crippen LogP contribution in [-0.4, -0.2) is 27.7 Å². The van der Waals surface area contributed by atoms with E-state index in [0.717, 1.165) is 24.2 Å². The van der Waals surface area contributed by atoms with Crippen molar-refractivity contribution in [2.75, 3.05) is 18.0 Å². The van der Waals surface area contributed by atoms with Gasteiger partial charge < -0.3 is 4.90 Å². The number of rotatable bonds is 6. The van der Waals surface area contributed by atoms with Crippen LogP contribution in [0.4, 0.5) is 5.69 Å². The van der Waals surface area contributed by atoms with Gasteiger partial charge in [-0.05, 0) is 49.3 Å². The summed E-state index contributed by atoms with van der Waals surface area (Å²) < 4.78 is 2.01. The van der Waals surface area contributed by atoms with Crippen LogP contribution in [0.25, 0.3) is 23.2 Å². The van der Waals surface area contributed by atoms with Crippen LogP contribution in [0.2, 0.25) is 0 Å². The second-order valence-electron chi connectivity index (χ2n) is 6.59. The van der Waals surface area contributed by atoms with Gasteiger partial charge in [0.05, 0.1) is 4.53 Å². The van der Waals surface area contributed by atoms with E-state index in [0.29, 0.717) is 15.3 Å². The van der Waals surface area contributed by atoms with E-state index in [1.165, 1.54) is 21.5 Å². The number of nitrogens with zero attached hydrogens (tertiary/aromatic N) is 4. The Morgan fingerprint density at radius 1 is 0.966 bits per heavy atom. The van der Waals surface area contributed by atoms with Crippen LogP contribution in [0.1, 0.15) is 30.8 Å². The van der Waals surface area contributed by atoms with Crippen LogP contribution in [-0.2, 0) is 0 Å². The normalized spacial score (nSPS) is 12.3. The van der Waals surface area contributed by atoms with Gasteiger partial charge in [-0.15, -0.1) is 5.10 Å². The Hall–Kier alpha value is -3.25. The first-order valence-corrected chi connectivity index (χ1v) is 10.5. The number of anilines is 1. The molecule has 0 unspecified atom stereocenters. The number of hydrogen-bond acceptors (Lipinski definition) is 5. The van der Waals surface area contributed by atoms with Crippen molar-refractivity contribution in [3.8, 4) is 0 Å². The molecular weight excluding hydrogens is 380 g/mol. The summed E-state index contributed by atoms with van der Waals surface area (Å²) in [5.41, 5.74) is 3.11. The quantitative estimate of drug-likeness (QED) is 0.493. The fourth-order valence-corrected chi connectivity index (χ4v) is 4.09. The average molecular weight is 403 g/mol. The monoisotopic (exact) mass is 402 g/mol. The van der Waals surface area contributed by atoms with Gasteiger partial charge in [0.25, 0.3) is 5.56 Å². The smallest absolute Gasteiger partial charge is 0.291 e. The van der Waals surface area contributed by atoms with Crippen LogP contribution in [0.15, 0.2) is 59.4 Å². The van der Waals surface area contributed by atoms with Gasteiger partial charge in [0.1, 0.15) is 0 Å². The molecule has 0 aliphatic carbocycles. The molecular formula is C23H22N4OS. The van der Waals surface area contributed by atoms with Crippen molar-refractivity contribution in [2.45, 2.75) is 13.8 Å². The molecule has 0 fully saturated rings. The molecule has 2 heterocycles. The maximum Gasteiger partial charge on any atom is 0.291 e. The molecule has 146 valence electrons. The van der Waals surface area contributed by atoms with Gasteiger partial charge in [0.15, 0.2) is 5.82 Å². The third-order valence-electron chi connectivity index (χ3n) is 4.74. The summed E-state index contributed by atoms with van der Waals surface area (Å²) in [4.78, 5) is 20.1. The third kappa shape index (κ3) is 4.12. The summed E-state index contributed by atoms with van der Waals surface area (Å²) in [6.07, 6.45) is 5.66. The fraction of sp³-hybridized carbons (Fsp3) is 0.174. The molecule has 29 heavy (non-hydrogen) atoms. The Kier molecular flexibility index (Phi) is 5.53. The Labute approximate surface area is 173 Å². The van der Waals surface area contributed by atoms with Gasteiger partial charge in [-0.1, -0.05) is 59.9 Å². The van der Waals surface area contributed by atoms with E-state index in [1.54, 1.807) is 0 Å². The molecule has 0 amide bonds. The van der Waals surface area contributed by atoms with Crippen molar-refractivity contribution in [1.29, 1.82) is 0 Å². The van der Waals surface area contributed by atoms with Gasteiger partial charge >= 0.3 is 0 Å². The lowest BCUT2D eigenvalue weighted by molar-refractivity contribution is 0.866. The molecule has 0 aliphatic rings. The summed E-state index contributed by atoms with van der Waals surface area (Å²) in [5, 5.41) is 4.34. The van der Waals surface area contributed by atoms with Gasteiger partial charge in [-0.25, -0.2) is 0 Å². The van der Waals surface area contributed by atoms with Gasteiger partial charge in [-0.3, -0.25) is 4.79 Å². The van der Waals surface area contributed by atoms with E-state index < -0.39 is 0 Å². The lowest BCUT2D eigenvalue weighted by Gasteiger charge is -2.20. The highest BCUT2D eigenvalue weighted by atomic mass is 32.1. The molecule has 4 rings (SSSR count).